The quantitative estimate of drug-likeness (QED) is 0.747. The van der Waals surface area contributed by atoms with Crippen molar-refractivity contribution in [2.75, 3.05) is 18.7 Å². The zero-order chi connectivity index (χ0) is 20.6. The van der Waals surface area contributed by atoms with E-state index in [-0.39, 0.29) is 30.4 Å². The molecule has 1 atom stereocenters. The Bertz CT molecular complexity index is 979. The van der Waals surface area contributed by atoms with E-state index >= 15 is 0 Å². The zero-order valence-corrected chi connectivity index (χ0v) is 17.7. The maximum atomic E-state index is 12.5. The van der Waals surface area contributed by atoms with Crippen LogP contribution in [0.1, 0.15) is 25.8 Å². The molecule has 2 aromatic carbocycles. The number of carbonyl (C=O) groups excluding carboxylic acids is 2. The molecular weight excluding hydrogens is 412 g/mol. The summed E-state index contributed by atoms with van der Waals surface area (Å²) in [7, 11) is 0. The van der Waals surface area contributed by atoms with Gasteiger partial charge in [-0.15, -0.1) is 11.8 Å². The van der Waals surface area contributed by atoms with Crippen molar-refractivity contribution < 1.29 is 19.1 Å². The molecule has 2 aliphatic heterocycles. The Hall–Kier alpha value is -2.38. The van der Waals surface area contributed by atoms with Gasteiger partial charge in [0.1, 0.15) is 0 Å². The number of ether oxygens (including phenoxy) is 2. The molecule has 0 saturated carbocycles. The fourth-order valence-electron chi connectivity index (χ4n) is 3.24. The number of thioether (sulfide) groups is 1. The van der Waals surface area contributed by atoms with Crippen molar-refractivity contribution in [3.05, 3.63) is 47.0 Å². The van der Waals surface area contributed by atoms with Gasteiger partial charge in [0.25, 0.3) is 0 Å². The lowest BCUT2D eigenvalue weighted by Gasteiger charge is -2.27. The molecule has 152 valence electrons. The minimum Gasteiger partial charge on any atom is -0.454 e. The summed E-state index contributed by atoms with van der Waals surface area (Å²) in [6, 6.07) is 11.2. The topological polar surface area (TPSA) is 76.7 Å². The van der Waals surface area contributed by atoms with E-state index in [1.165, 1.54) is 11.8 Å². The van der Waals surface area contributed by atoms with Gasteiger partial charge in [0, 0.05) is 28.3 Å². The Morgan fingerprint density at radius 1 is 1.24 bits per heavy atom. The maximum absolute atomic E-state index is 12.5. The van der Waals surface area contributed by atoms with Crippen LogP contribution in [0.25, 0.3) is 0 Å². The van der Waals surface area contributed by atoms with E-state index in [0.29, 0.717) is 17.3 Å². The molecule has 2 amide bonds. The van der Waals surface area contributed by atoms with Crippen LogP contribution >= 0.6 is 23.4 Å². The molecule has 6 nitrogen and oxygen atoms in total. The van der Waals surface area contributed by atoms with Crippen LogP contribution in [0.15, 0.2) is 41.3 Å². The second kappa shape index (κ2) is 7.80. The standard InChI is InChI=1S/C21H21ClN2O4S/c1-21(2,12-3-5-15-16(7-12)28-11-27-15)10-23-19(25)9-18-20(26)24-14-8-13(22)4-6-17(14)29-18/h3-8,18H,9-11H2,1-2H3,(H,23,25)(H,24,26). The molecule has 2 aliphatic rings. The fraction of sp³-hybridized carbons (Fsp3) is 0.333. The number of amides is 2. The summed E-state index contributed by atoms with van der Waals surface area (Å²) in [6.07, 6.45) is 0.107. The Labute approximate surface area is 178 Å². The Morgan fingerprint density at radius 3 is 2.86 bits per heavy atom. The van der Waals surface area contributed by atoms with E-state index in [9.17, 15) is 9.59 Å². The maximum Gasteiger partial charge on any atom is 0.238 e. The van der Waals surface area contributed by atoms with Crippen molar-refractivity contribution in [2.24, 2.45) is 0 Å². The normalized spacial score (nSPS) is 17.5. The lowest BCUT2D eigenvalue weighted by Crippen LogP contribution is -2.40. The number of fused-ring (bicyclic) bond motifs is 2. The van der Waals surface area contributed by atoms with E-state index in [1.54, 1.807) is 12.1 Å². The minimum atomic E-state index is -0.475. The molecule has 8 heteroatoms. The molecular formula is C21H21ClN2O4S. The highest BCUT2D eigenvalue weighted by atomic mass is 35.5. The SMILES string of the molecule is CC(C)(CNC(=O)CC1Sc2ccc(Cl)cc2NC1=O)c1ccc2c(c1)OCO2. The number of benzene rings is 2. The molecule has 4 rings (SSSR count). The van der Waals surface area contributed by atoms with Crippen molar-refractivity contribution in [3.8, 4) is 11.5 Å². The van der Waals surface area contributed by atoms with E-state index in [4.69, 9.17) is 21.1 Å². The van der Waals surface area contributed by atoms with Crippen LogP contribution in [0.5, 0.6) is 11.5 Å². The number of rotatable bonds is 5. The summed E-state index contributed by atoms with van der Waals surface area (Å²) >= 11 is 7.35. The molecule has 29 heavy (non-hydrogen) atoms. The van der Waals surface area contributed by atoms with Gasteiger partial charge in [-0.2, -0.15) is 0 Å². The Kier molecular flexibility index (Phi) is 5.36. The van der Waals surface area contributed by atoms with Crippen molar-refractivity contribution in [2.45, 2.75) is 35.8 Å². The van der Waals surface area contributed by atoms with Gasteiger partial charge in [-0.1, -0.05) is 31.5 Å². The largest absolute Gasteiger partial charge is 0.454 e. The van der Waals surface area contributed by atoms with E-state index in [0.717, 1.165) is 22.0 Å². The van der Waals surface area contributed by atoms with Gasteiger partial charge in [-0.05, 0) is 35.9 Å². The molecule has 0 fully saturated rings. The van der Waals surface area contributed by atoms with Crippen LogP contribution in [0.3, 0.4) is 0 Å². The smallest absolute Gasteiger partial charge is 0.238 e. The van der Waals surface area contributed by atoms with Gasteiger partial charge in [0.05, 0.1) is 10.9 Å². The monoisotopic (exact) mass is 432 g/mol. The highest BCUT2D eigenvalue weighted by Crippen LogP contribution is 2.38. The second-order valence-electron chi connectivity index (χ2n) is 7.67. The molecule has 2 aromatic rings. The first-order chi connectivity index (χ1) is 13.8. The predicted octanol–water partition coefficient (Wildman–Crippen LogP) is 3.97. The van der Waals surface area contributed by atoms with Crippen LogP contribution < -0.4 is 20.1 Å². The van der Waals surface area contributed by atoms with Crippen LogP contribution in [0, 0.1) is 0 Å². The summed E-state index contributed by atoms with van der Waals surface area (Å²) in [5.41, 5.74) is 1.42. The predicted molar refractivity (Wildman–Crippen MR) is 113 cm³/mol. The highest BCUT2D eigenvalue weighted by Gasteiger charge is 2.30. The fourth-order valence-corrected chi connectivity index (χ4v) is 4.50. The first-order valence-electron chi connectivity index (χ1n) is 9.26. The van der Waals surface area contributed by atoms with Crippen LogP contribution in [0.2, 0.25) is 5.02 Å². The lowest BCUT2D eigenvalue weighted by atomic mass is 9.84. The molecule has 0 aromatic heterocycles. The third-order valence-electron chi connectivity index (χ3n) is 5.01. The van der Waals surface area contributed by atoms with Gasteiger partial charge < -0.3 is 20.1 Å². The van der Waals surface area contributed by atoms with Gasteiger partial charge in [0.15, 0.2) is 11.5 Å². The Morgan fingerprint density at radius 2 is 2.03 bits per heavy atom. The molecule has 0 saturated heterocycles. The van der Waals surface area contributed by atoms with E-state index < -0.39 is 5.25 Å². The van der Waals surface area contributed by atoms with Crippen molar-refractivity contribution in [1.82, 2.24) is 5.32 Å². The minimum absolute atomic E-state index is 0.107. The average molecular weight is 433 g/mol. The highest BCUT2D eigenvalue weighted by molar-refractivity contribution is 8.01. The summed E-state index contributed by atoms with van der Waals surface area (Å²) in [6.45, 7) is 4.77. The summed E-state index contributed by atoms with van der Waals surface area (Å²) in [5, 5.41) is 5.88. The number of carbonyl (C=O) groups is 2. The summed E-state index contributed by atoms with van der Waals surface area (Å²) in [5.74, 6) is 1.10. The number of hydrogen-bond acceptors (Lipinski definition) is 5. The zero-order valence-electron chi connectivity index (χ0n) is 16.1. The second-order valence-corrected chi connectivity index (χ2v) is 9.35. The number of nitrogens with one attached hydrogen (secondary N) is 2. The average Bonchev–Trinajstić information content (AvgIpc) is 3.15. The van der Waals surface area contributed by atoms with Crippen molar-refractivity contribution in [1.29, 1.82) is 0 Å². The molecule has 0 aliphatic carbocycles. The van der Waals surface area contributed by atoms with Gasteiger partial charge >= 0.3 is 0 Å². The number of halogens is 1. The van der Waals surface area contributed by atoms with Crippen molar-refractivity contribution in [3.63, 3.8) is 0 Å². The molecule has 0 radical (unpaired) electrons. The van der Waals surface area contributed by atoms with E-state index in [1.807, 2.05) is 38.1 Å². The van der Waals surface area contributed by atoms with Gasteiger partial charge in [0.2, 0.25) is 18.6 Å². The number of anilines is 1. The molecule has 2 heterocycles. The lowest BCUT2D eigenvalue weighted by molar-refractivity contribution is -0.124. The molecule has 0 bridgehead atoms. The molecule has 2 N–H and O–H groups in total. The van der Waals surface area contributed by atoms with Crippen LogP contribution in [0.4, 0.5) is 5.69 Å². The van der Waals surface area contributed by atoms with Gasteiger partial charge in [-0.3, -0.25) is 9.59 Å². The summed E-state index contributed by atoms with van der Waals surface area (Å²) < 4.78 is 10.8. The first-order valence-corrected chi connectivity index (χ1v) is 10.5. The molecule has 1 unspecified atom stereocenters. The third kappa shape index (κ3) is 4.31. The van der Waals surface area contributed by atoms with Crippen molar-refractivity contribution >= 4 is 40.9 Å². The van der Waals surface area contributed by atoms with Crippen LogP contribution in [-0.2, 0) is 15.0 Å². The third-order valence-corrected chi connectivity index (χ3v) is 6.52. The van der Waals surface area contributed by atoms with Gasteiger partial charge in [-0.25, -0.2) is 0 Å². The summed E-state index contributed by atoms with van der Waals surface area (Å²) in [4.78, 5) is 25.8. The number of hydrogen-bond donors (Lipinski definition) is 2. The Balaban J connectivity index is 1.36. The van der Waals surface area contributed by atoms with Crippen LogP contribution in [-0.4, -0.2) is 30.4 Å². The molecule has 0 spiro atoms. The van der Waals surface area contributed by atoms with E-state index in [2.05, 4.69) is 10.6 Å². The first kappa shape index (κ1) is 19.9.